The van der Waals surface area contributed by atoms with E-state index in [-0.39, 0.29) is 37.3 Å². The molecule has 2 heterocycles. The minimum atomic E-state index is -1.01. The molecule has 2 aliphatic rings. The van der Waals surface area contributed by atoms with E-state index in [4.69, 9.17) is 9.47 Å². The first-order valence-corrected chi connectivity index (χ1v) is 9.44. The zero-order chi connectivity index (χ0) is 20.0. The molecule has 2 aliphatic heterocycles. The number of rotatable bonds is 9. The van der Waals surface area contributed by atoms with Gasteiger partial charge >= 0.3 is 5.97 Å². The Labute approximate surface area is 159 Å². The van der Waals surface area contributed by atoms with Crippen LogP contribution in [0.5, 0.6) is 0 Å². The Hall–Kier alpha value is -1.71. The van der Waals surface area contributed by atoms with E-state index in [1.807, 2.05) is 0 Å². The molecule has 0 spiro atoms. The van der Waals surface area contributed by atoms with Crippen LogP contribution in [0, 0.1) is 0 Å². The fraction of sp³-hybridized carbons (Fsp3) is 0.833. The van der Waals surface area contributed by atoms with Crippen molar-refractivity contribution in [3.05, 3.63) is 0 Å². The van der Waals surface area contributed by atoms with Crippen LogP contribution in [0.1, 0.15) is 38.5 Å². The third kappa shape index (κ3) is 4.97. The van der Waals surface area contributed by atoms with Gasteiger partial charge in [-0.3, -0.25) is 9.59 Å². The molecule has 9 nitrogen and oxygen atoms in total. The Balaban J connectivity index is 1.95. The van der Waals surface area contributed by atoms with Crippen LogP contribution in [-0.4, -0.2) is 96.0 Å². The number of carboxylic acid groups (broad SMARTS) is 1. The predicted molar refractivity (Wildman–Crippen MR) is 95.0 cm³/mol. The van der Waals surface area contributed by atoms with Crippen molar-refractivity contribution in [2.45, 2.75) is 62.8 Å². The second kappa shape index (κ2) is 10.0. The number of methoxy groups -OCH3 is 2. The smallest absolute Gasteiger partial charge is 0.326 e. The SMILES string of the molecule is CO[C@@H](CC[C@H](OC)C(=O)N1CCC[C@@H]1CO)C(=O)N1CCCC1C(=O)O. The van der Waals surface area contributed by atoms with Crippen molar-refractivity contribution >= 4 is 17.8 Å². The van der Waals surface area contributed by atoms with Crippen LogP contribution in [0.15, 0.2) is 0 Å². The number of carbonyl (C=O) groups excluding carboxylic acids is 2. The van der Waals surface area contributed by atoms with Crippen LogP contribution in [0.4, 0.5) is 0 Å². The molecule has 4 atom stereocenters. The number of ether oxygens (including phenoxy) is 2. The fourth-order valence-corrected chi connectivity index (χ4v) is 3.96. The largest absolute Gasteiger partial charge is 0.480 e. The van der Waals surface area contributed by atoms with Crippen LogP contribution in [0.3, 0.4) is 0 Å². The van der Waals surface area contributed by atoms with Crippen molar-refractivity contribution in [3.8, 4) is 0 Å². The standard InChI is InChI=1S/C18H30N2O7/c1-26-14(16(22)19-9-3-5-12(19)11-21)7-8-15(27-2)17(23)20-10-4-6-13(20)18(24)25/h12-15,21H,3-11H2,1-2H3,(H,24,25)/t12-,13?,14+,15+/m1/s1. The van der Waals surface area contributed by atoms with Gasteiger partial charge in [-0.25, -0.2) is 4.79 Å². The van der Waals surface area contributed by atoms with Gasteiger partial charge in [0.2, 0.25) is 0 Å². The van der Waals surface area contributed by atoms with Crippen molar-refractivity contribution in [2.24, 2.45) is 0 Å². The molecule has 154 valence electrons. The molecule has 27 heavy (non-hydrogen) atoms. The normalized spacial score (nSPS) is 24.9. The number of carbonyl (C=O) groups is 3. The minimum absolute atomic E-state index is 0.0765. The van der Waals surface area contributed by atoms with Gasteiger partial charge in [-0.2, -0.15) is 0 Å². The number of nitrogens with zero attached hydrogens (tertiary/aromatic N) is 2. The molecule has 9 heteroatoms. The van der Waals surface area contributed by atoms with Crippen LogP contribution in [0.25, 0.3) is 0 Å². The summed E-state index contributed by atoms with van der Waals surface area (Å²) >= 11 is 0. The highest BCUT2D eigenvalue weighted by atomic mass is 16.5. The molecule has 2 amide bonds. The molecule has 0 aromatic carbocycles. The van der Waals surface area contributed by atoms with E-state index in [9.17, 15) is 24.6 Å². The number of aliphatic carboxylic acids is 1. The topological polar surface area (TPSA) is 117 Å². The number of aliphatic hydroxyl groups is 1. The second-order valence-electron chi connectivity index (χ2n) is 7.06. The molecule has 0 saturated carbocycles. The summed E-state index contributed by atoms with van der Waals surface area (Å²) in [5.74, 6) is -1.57. The number of likely N-dealkylation sites (tertiary alicyclic amines) is 2. The van der Waals surface area contributed by atoms with Crippen molar-refractivity contribution in [1.29, 1.82) is 0 Å². The van der Waals surface area contributed by atoms with Crippen LogP contribution in [0.2, 0.25) is 0 Å². The molecule has 0 bridgehead atoms. The molecule has 2 N–H and O–H groups in total. The molecular weight excluding hydrogens is 356 g/mol. The van der Waals surface area contributed by atoms with E-state index < -0.39 is 24.2 Å². The summed E-state index contributed by atoms with van der Waals surface area (Å²) in [7, 11) is 2.84. The van der Waals surface area contributed by atoms with Gasteiger partial charge in [0, 0.05) is 27.3 Å². The van der Waals surface area contributed by atoms with Crippen LogP contribution < -0.4 is 0 Å². The molecule has 0 aromatic rings. The third-order valence-corrected chi connectivity index (χ3v) is 5.50. The van der Waals surface area contributed by atoms with Gasteiger partial charge in [-0.05, 0) is 38.5 Å². The van der Waals surface area contributed by atoms with Gasteiger partial charge in [0.25, 0.3) is 11.8 Å². The van der Waals surface area contributed by atoms with Crippen LogP contribution in [-0.2, 0) is 23.9 Å². The highest BCUT2D eigenvalue weighted by molar-refractivity contribution is 5.87. The number of hydrogen-bond donors (Lipinski definition) is 2. The number of amides is 2. The Morgan fingerprint density at radius 1 is 0.963 bits per heavy atom. The highest BCUT2D eigenvalue weighted by Crippen LogP contribution is 2.23. The molecule has 0 radical (unpaired) electrons. The van der Waals surface area contributed by atoms with E-state index in [2.05, 4.69) is 0 Å². The van der Waals surface area contributed by atoms with Gasteiger partial charge in [-0.1, -0.05) is 0 Å². The Bertz CT molecular complexity index is 542. The summed E-state index contributed by atoms with van der Waals surface area (Å²) in [6.07, 6.45) is 1.69. The lowest BCUT2D eigenvalue weighted by atomic mass is 10.1. The average Bonchev–Trinajstić information content (AvgIpc) is 3.33. The van der Waals surface area contributed by atoms with Crippen molar-refractivity contribution in [3.63, 3.8) is 0 Å². The summed E-state index contributed by atoms with van der Waals surface area (Å²) in [6.45, 7) is 0.909. The molecule has 2 rings (SSSR count). The zero-order valence-electron chi connectivity index (χ0n) is 16.0. The zero-order valence-corrected chi connectivity index (χ0v) is 16.0. The summed E-state index contributed by atoms with van der Waals surface area (Å²) in [4.78, 5) is 39.7. The molecule has 2 saturated heterocycles. The summed E-state index contributed by atoms with van der Waals surface area (Å²) in [5.41, 5.74) is 0. The first kappa shape index (κ1) is 21.6. The Morgan fingerprint density at radius 2 is 1.48 bits per heavy atom. The summed E-state index contributed by atoms with van der Waals surface area (Å²) < 4.78 is 10.6. The second-order valence-corrected chi connectivity index (χ2v) is 7.06. The van der Waals surface area contributed by atoms with Gasteiger partial charge in [0.15, 0.2) is 0 Å². The number of hydrogen-bond acceptors (Lipinski definition) is 6. The first-order valence-electron chi connectivity index (χ1n) is 9.44. The lowest BCUT2D eigenvalue weighted by molar-refractivity contribution is -0.154. The van der Waals surface area contributed by atoms with Gasteiger partial charge in [0.1, 0.15) is 18.2 Å². The van der Waals surface area contributed by atoms with Gasteiger partial charge < -0.3 is 29.5 Å². The predicted octanol–water partition coefficient (Wildman–Crippen LogP) is -0.144. The Morgan fingerprint density at radius 3 is 2.00 bits per heavy atom. The Kier molecular flexibility index (Phi) is 8.00. The van der Waals surface area contributed by atoms with Gasteiger partial charge in [-0.15, -0.1) is 0 Å². The highest BCUT2D eigenvalue weighted by Gasteiger charge is 2.38. The van der Waals surface area contributed by atoms with Crippen molar-refractivity contribution in [2.75, 3.05) is 33.9 Å². The van der Waals surface area contributed by atoms with E-state index in [0.717, 1.165) is 12.8 Å². The maximum atomic E-state index is 12.7. The third-order valence-electron chi connectivity index (χ3n) is 5.50. The number of aliphatic hydroxyl groups excluding tert-OH is 1. The molecule has 0 aliphatic carbocycles. The van der Waals surface area contributed by atoms with E-state index >= 15 is 0 Å². The maximum absolute atomic E-state index is 12.7. The van der Waals surface area contributed by atoms with Gasteiger partial charge in [0.05, 0.1) is 12.6 Å². The molecular formula is C18H30N2O7. The molecule has 0 aromatic heterocycles. The summed E-state index contributed by atoms with van der Waals surface area (Å²) in [6, 6.07) is -0.999. The van der Waals surface area contributed by atoms with E-state index in [1.165, 1.54) is 19.1 Å². The van der Waals surface area contributed by atoms with E-state index in [0.29, 0.717) is 25.9 Å². The monoisotopic (exact) mass is 386 g/mol. The lowest BCUT2D eigenvalue weighted by Crippen LogP contribution is -2.47. The van der Waals surface area contributed by atoms with Crippen molar-refractivity contribution < 1.29 is 34.1 Å². The number of carboxylic acids is 1. The molecule has 2 fully saturated rings. The van der Waals surface area contributed by atoms with Crippen molar-refractivity contribution in [1.82, 2.24) is 9.80 Å². The maximum Gasteiger partial charge on any atom is 0.326 e. The summed E-state index contributed by atoms with van der Waals surface area (Å²) in [5, 5.41) is 18.7. The average molecular weight is 386 g/mol. The first-order chi connectivity index (χ1) is 12.9. The quantitative estimate of drug-likeness (QED) is 0.566. The fourth-order valence-electron chi connectivity index (χ4n) is 3.96. The minimum Gasteiger partial charge on any atom is -0.480 e. The molecule has 1 unspecified atom stereocenters. The lowest BCUT2D eigenvalue weighted by Gasteiger charge is -2.29. The van der Waals surface area contributed by atoms with E-state index in [1.54, 1.807) is 4.90 Å². The van der Waals surface area contributed by atoms with Crippen LogP contribution >= 0.6 is 0 Å².